The first kappa shape index (κ1) is 14.8. The molecular weight excluding hydrogens is 248 g/mol. The molecule has 0 aliphatic rings. The number of carbonyl (C=O) groups is 2. The topological polar surface area (TPSA) is 79.7 Å². The summed E-state index contributed by atoms with van der Waals surface area (Å²) in [5, 5.41) is 8.75. The molecule has 1 N–H and O–H groups in total. The molecule has 0 unspecified atom stereocenters. The molecule has 19 heavy (non-hydrogen) atoms. The molecule has 0 saturated carbocycles. The van der Waals surface area contributed by atoms with Crippen molar-refractivity contribution in [1.29, 1.82) is 0 Å². The van der Waals surface area contributed by atoms with Crippen LogP contribution in [0.15, 0.2) is 30.6 Å². The van der Waals surface area contributed by atoms with Crippen molar-refractivity contribution >= 4 is 18.0 Å². The summed E-state index contributed by atoms with van der Waals surface area (Å²) in [6.07, 6.45) is 6.17. The number of methoxy groups -OCH3 is 1. The lowest BCUT2D eigenvalue weighted by atomic mass is 10.2. The van der Waals surface area contributed by atoms with Crippen LogP contribution in [0, 0.1) is 0 Å². The van der Waals surface area contributed by atoms with Crippen molar-refractivity contribution in [3.8, 4) is 0 Å². The predicted octanol–water partition coefficient (Wildman–Crippen LogP) is 0.654. The molecule has 0 aromatic carbocycles. The quantitative estimate of drug-likeness (QED) is 0.732. The van der Waals surface area contributed by atoms with Crippen molar-refractivity contribution in [2.24, 2.45) is 0 Å². The van der Waals surface area contributed by atoms with Gasteiger partial charge >= 0.3 is 5.97 Å². The molecule has 0 aliphatic carbocycles. The van der Waals surface area contributed by atoms with Crippen molar-refractivity contribution in [2.75, 3.05) is 26.8 Å². The summed E-state index contributed by atoms with van der Waals surface area (Å²) in [7, 11) is 1.49. The average molecular weight is 264 g/mol. The van der Waals surface area contributed by atoms with Crippen LogP contribution in [0.4, 0.5) is 0 Å². The van der Waals surface area contributed by atoms with Gasteiger partial charge in [0.25, 0.3) is 0 Å². The van der Waals surface area contributed by atoms with Gasteiger partial charge in [-0.05, 0) is 17.7 Å². The Balaban J connectivity index is 2.65. The maximum atomic E-state index is 11.9. The van der Waals surface area contributed by atoms with Crippen LogP contribution < -0.4 is 0 Å². The Morgan fingerprint density at radius 2 is 2.32 bits per heavy atom. The Labute approximate surface area is 111 Å². The zero-order valence-electron chi connectivity index (χ0n) is 10.7. The molecule has 1 aromatic rings. The molecule has 1 amide bonds. The maximum Gasteiger partial charge on any atom is 0.323 e. The third kappa shape index (κ3) is 5.78. The molecule has 1 aromatic heterocycles. The fourth-order valence-corrected chi connectivity index (χ4v) is 1.38. The number of amides is 1. The minimum atomic E-state index is -1.06. The Morgan fingerprint density at radius 1 is 1.53 bits per heavy atom. The van der Waals surface area contributed by atoms with Gasteiger partial charge in [0, 0.05) is 32.1 Å². The van der Waals surface area contributed by atoms with Crippen molar-refractivity contribution in [3.05, 3.63) is 36.2 Å². The Kier molecular flexibility index (Phi) is 6.25. The first-order valence-electron chi connectivity index (χ1n) is 5.71. The fourth-order valence-electron chi connectivity index (χ4n) is 1.38. The second-order valence-corrected chi connectivity index (χ2v) is 3.77. The predicted molar refractivity (Wildman–Crippen MR) is 69.4 cm³/mol. The number of aliphatic carboxylic acids is 1. The number of aromatic nitrogens is 1. The maximum absolute atomic E-state index is 11.9. The van der Waals surface area contributed by atoms with Gasteiger partial charge in [0.2, 0.25) is 5.91 Å². The van der Waals surface area contributed by atoms with Gasteiger partial charge in [-0.15, -0.1) is 0 Å². The van der Waals surface area contributed by atoms with E-state index >= 15 is 0 Å². The van der Waals surface area contributed by atoms with Gasteiger partial charge in [-0.1, -0.05) is 6.07 Å². The third-order valence-electron chi connectivity index (χ3n) is 2.31. The van der Waals surface area contributed by atoms with Gasteiger partial charge in [-0.2, -0.15) is 0 Å². The van der Waals surface area contributed by atoms with E-state index in [4.69, 9.17) is 9.84 Å². The van der Waals surface area contributed by atoms with Crippen LogP contribution in [0.25, 0.3) is 6.08 Å². The van der Waals surface area contributed by atoms with E-state index in [-0.39, 0.29) is 19.0 Å². The van der Waals surface area contributed by atoms with E-state index in [1.54, 1.807) is 30.6 Å². The molecule has 1 heterocycles. The lowest BCUT2D eigenvalue weighted by Crippen LogP contribution is -2.36. The number of nitrogens with zero attached hydrogens (tertiary/aromatic N) is 2. The molecular formula is C13H16N2O4. The molecule has 102 valence electrons. The van der Waals surface area contributed by atoms with E-state index in [2.05, 4.69) is 4.98 Å². The molecule has 0 bridgehead atoms. The van der Waals surface area contributed by atoms with Crippen LogP contribution in [0.5, 0.6) is 0 Å². The highest BCUT2D eigenvalue weighted by atomic mass is 16.5. The Hall–Kier alpha value is -2.21. The van der Waals surface area contributed by atoms with Gasteiger partial charge in [0.05, 0.1) is 6.61 Å². The van der Waals surface area contributed by atoms with Crippen LogP contribution >= 0.6 is 0 Å². The third-order valence-corrected chi connectivity index (χ3v) is 2.31. The highest BCUT2D eigenvalue weighted by Gasteiger charge is 2.13. The van der Waals surface area contributed by atoms with E-state index < -0.39 is 5.97 Å². The summed E-state index contributed by atoms with van der Waals surface area (Å²) < 4.78 is 4.85. The lowest BCUT2D eigenvalue weighted by molar-refractivity contribution is -0.143. The first-order chi connectivity index (χ1) is 9.13. The highest BCUT2D eigenvalue weighted by Crippen LogP contribution is 2.00. The second kappa shape index (κ2) is 7.99. The van der Waals surface area contributed by atoms with Crippen LogP contribution in [0.3, 0.4) is 0 Å². The molecule has 6 nitrogen and oxygen atoms in total. The number of hydrogen-bond donors (Lipinski definition) is 1. The minimum absolute atomic E-state index is 0.235. The standard InChI is InChI=1S/C13H16N2O4/c1-19-8-7-15(10-13(17)18)12(16)5-4-11-3-2-6-14-9-11/h2-6,9H,7-8,10H2,1H3,(H,17,18)/b5-4+. The Bertz CT molecular complexity index is 445. The van der Waals surface area contributed by atoms with Crippen LogP contribution in [0.2, 0.25) is 0 Å². The molecule has 0 aliphatic heterocycles. The van der Waals surface area contributed by atoms with Crippen molar-refractivity contribution in [2.45, 2.75) is 0 Å². The normalized spacial score (nSPS) is 10.6. The zero-order chi connectivity index (χ0) is 14.1. The summed E-state index contributed by atoms with van der Waals surface area (Å²) in [6, 6.07) is 3.55. The van der Waals surface area contributed by atoms with E-state index in [1.165, 1.54) is 18.1 Å². The molecule has 0 fully saturated rings. The number of carboxylic acids is 1. The number of carboxylic acid groups (broad SMARTS) is 1. The molecule has 0 saturated heterocycles. The van der Waals surface area contributed by atoms with Gasteiger partial charge < -0.3 is 14.7 Å². The summed E-state index contributed by atoms with van der Waals surface area (Å²) in [4.78, 5) is 27.7. The SMILES string of the molecule is COCCN(CC(=O)O)C(=O)/C=C/c1cccnc1. The van der Waals surface area contributed by atoms with Gasteiger partial charge in [-0.3, -0.25) is 14.6 Å². The monoisotopic (exact) mass is 264 g/mol. The van der Waals surface area contributed by atoms with Crippen LogP contribution in [-0.2, 0) is 14.3 Å². The smallest absolute Gasteiger partial charge is 0.323 e. The van der Waals surface area contributed by atoms with Crippen LogP contribution in [-0.4, -0.2) is 53.7 Å². The number of hydrogen-bond acceptors (Lipinski definition) is 4. The van der Waals surface area contributed by atoms with E-state index in [9.17, 15) is 9.59 Å². The number of pyridine rings is 1. The van der Waals surface area contributed by atoms with Crippen molar-refractivity contribution in [3.63, 3.8) is 0 Å². The van der Waals surface area contributed by atoms with Crippen molar-refractivity contribution < 1.29 is 19.4 Å². The van der Waals surface area contributed by atoms with E-state index in [1.807, 2.05) is 0 Å². The molecule has 6 heteroatoms. The van der Waals surface area contributed by atoms with E-state index in [0.717, 1.165) is 5.56 Å². The number of carbonyl (C=O) groups excluding carboxylic acids is 1. The highest BCUT2D eigenvalue weighted by molar-refractivity contribution is 5.93. The molecule has 0 radical (unpaired) electrons. The number of ether oxygens (including phenoxy) is 1. The van der Waals surface area contributed by atoms with E-state index in [0.29, 0.717) is 6.61 Å². The van der Waals surface area contributed by atoms with Gasteiger partial charge in [-0.25, -0.2) is 0 Å². The summed E-state index contributed by atoms with van der Waals surface area (Å²) in [5.74, 6) is -1.43. The molecule has 0 spiro atoms. The lowest BCUT2D eigenvalue weighted by Gasteiger charge is -2.18. The molecule has 1 rings (SSSR count). The number of rotatable bonds is 7. The summed E-state index contributed by atoms with van der Waals surface area (Å²) >= 11 is 0. The fraction of sp³-hybridized carbons (Fsp3) is 0.308. The Morgan fingerprint density at radius 3 is 2.89 bits per heavy atom. The molecule has 0 atom stereocenters. The zero-order valence-corrected chi connectivity index (χ0v) is 10.7. The van der Waals surface area contributed by atoms with Gasteiger partial charge in [0.1, 0.15) is 6.54 Å². The largest absolute Gasteiger partial charge is 0.480 e. The first-order valence-corrected chi connectivity index (χ1v) is 5.71. The minimum Gasteiger partial charge on any atom is -0.480 e. The van der Waals surface area contributed by atoms with Gasteiger partial charge in [0.15, 0.2) is 0 Å². The van der Waals surface area contributed by atoms with Crippen LogP contribution in [0.1, 0.15) is 5.56 Å². The average Bonchev–Trinajstić information content (AvgIpc) is 2.41. The summed E-state index contributed by atoms with van der Waals surface area (Å²) in [5.41, 5.74) is 0.776. The van der Waals surface area contributed by atoms with Crippen molar-refractivity contribution in [1.82, 2.24) is 9.88 Å². The second-order valence-electron chi connectivity index (χ2n) is 3.77. The summed E-state index contributed by atoms with van der Waals surface area (Å²) in [6.45, 7) is 0.179.